The lowest BCUT2D eigenvalue weighted by Crippen LogP contribution is -2.35. The largest absolute Gasteiger partial charge is 0.475 e. The molecule has 2 aliphatic rings. The molecule has 1 aliphatic carbocycles. The molecular formula is C23H31N3O6. The van der Waals surface area contributed by atoms with E-state index < -0.39 is 11.9 Å². The molecule has 1 amide bonds. The highest BCUT2D eigenvalue weighted by atomic mass is 16.7. The summed E-state index contributed by atoms with van der Waals surface area (Å²) in [7, 11) is 1.65. The molecule has 1 saturated carbocycles. The van der Waals surface area contributed by atoms with Gasteiger partial charge in [0.15, 0.2) is 5.79 Å². The predicted octanol–water partition coefficient (Wildman–Crippen LogP) is 3.91. The van der Waals surface area contributed by atoms with Crippen LogP contribution in [0.25, 0.3) is 0 Å². The second kappa shape index (κ2) is 10.8. The van der Waals surface area contributed by atoms with Gasteiger partial charge in [-0.2, -0.15) is 0 Å². The number of benzene rings is 1. The van der Waals surface area contributed by atoms with Crippen LogP contribution in [0, 0.1) is 0 Å². The van der Waals surface area contributed by atoms with E-state index in [1.54, 1.807) is 7.11 Å². The fourth-order valence-corrected chi connectivity index (χ4v) is 4.09. The third-order valence-corrected chi connectivity index (χ3v) is 5.78. The Morgan fingerprint density at radius 2 is 1.94 bits per heavy atom. The summed E-state index contributed by atoms with van der Waals surface area (Å²) in [6.07, 6.45) is 5.39. The summed E-state index contributed by atoms with van der Waals surface area (Å²) >= 11 is 0. The van der Waals surface area contributed by atoms with Crippen LogP contribution in [0.5, 0.6) is 5.88 Å². The van der Waals surface area contributed by atoms with Crippen LogP contribution >= 0.6 is 0 Å². The highest BCUT2D eigenvalue weighted by Gasteiger charge is 2.41. The summed E-state index contributed by atoms with van der Waals surface area (Å²) in [5.74, 6) is -0.0442. The Balaban J connectivity index is 1.38. The van der Waals surface area contributed by atoms with Crippen molar-refractivity contribution in [2.45, 2.75) is 50.5 Å². The number of anilines is 1. The monoisotopic (exact) mass is 445 g/mol. The Hall–Kier alpha value is -2.62. The van der Waals surface area contributed by atoms with Crippen LogP contribution in [-0.2, 0) is 25.6 Å². The summed E-state index contributed by atoms with van der Waals surface area (Å²) in [5, 5.41) is 7.40. The van der Waals surface area contributed by atoms with Crippen LogP contribution in [0.2, 0.25) is 0 Å². The van der Waals surface area contributed by atoms with Gasteiger partial charge in [0.05, 0.1) is 32.1 Å². The van der Waals surface area contributed by atoms with Crippen molar-refractivity contribution in [3.05, 3.63) is 42.1 Å². The first-order valence-electron chi connectivity index (χ1n) is 11.1. The molecule has 1 saturated heterocycles. The molecule has 2 aromatic rings. The summed E-state index contributed by atoms with van der Waals surface area (Å²) in [4.78, 5) is 12.4. The highest BCUT2D eigenvalue weighted by Crippen LogP contribution is 2.41. The molecule has 174 valence electrons. The third kappa shape index (κ3) is 5.79. The van der Waals surface area contributed by atoms with Crippen molar-refractivity contribution in [3.63, 3.8) is 0 Å². The summed E-state index contributed by atoms with van der Waals surface area (Å²) < 4.78 is 29.8. The first kappa shape index (κ1) is 22.6. The zero-order chi connectivity index (χ0) is 22.2. The van der Waals surface area contributed by atoms with Gasteiger partial charge in [-0.05, 0) is 18.4 Å². The molecule has 32 heavy (non-hydrogen) atoms. The van der Waals surface area contributed by atoms with E-state index in [4.69, 9.17) is 23.7 Å². The van der Waals surface area contributed by atoms with Gasteiger partial charge in [0, 0.05) is 33.0 Å². The molecule has 2 fully saturated rings. The van der Waals surface area contributed by atoms with Crippen molar-refractivity contribution < 1.29 is 28.5 Å². The van der Waals surface area contributed by atoms with E-state index >= 15 is 0 Å². The number of rotatable bonds is 9. The lowest BCUT2D eigenvalue weighted by Gasteiger charge is -2.35. The smallest absolute Gasteiger partial charge is 0.412 e. The van der Waals surface area contributed by atoms with Gasteiger partial charge in [-0.25, -0.2) is 4.79 Å². The maximum absolute atomic E-state index is 12.4. The lowest BCUT2D eigenvalue weighted by atomic mass is 9.90. The average molecular weight is 446 g/mol. The van der Waals surface area contributed by atoms with Gasteiger partial charge in [0.1, 0.15) is 12.3 Å². The molecule has 4 rings (SSSR count). The number of carbonyl (C=O) groups is 1. The van der Waals surface area contributed by atoms with Crippen molar-refractivity contribution in [1.29, 1.82) is 0 Å². The molecule has 9 heteroatoms. The van der Waals surface area contributed by atoms with Gasteiger partial charge in [0.25, 0.3) is 5.88 Å². The molecule has 0 bridgehead atoms. The predicted molar refractivity (Wildman–Crippen MR) is 117 cm³/mol. The van der Waals surface area contributed by atoms with Gasteiger partial charge in [-0.1, -0.05) is 30.3 Å². The van der Waals surface area contributed by atoms with E-state index in [2.05, 4.69) is 10.4 Å². The number of nitrogens with one attached hydrogen (secondary N) is 1. The quantitative estimate of drug-likeness (QED) is 0.585. The number of methoxy groups -OCH3 is 1. The Labute approximate surface area is 187 Å². The minimum absolute atomic E-state index is 0.186. The Kier molecular flexibility index (Phi) is 7.62. The molecule has 1 aliphatic heterocycles. The number of nitrogens with zero attached hydrogens (tertiary/aromatic N) is 2. The molecule has 1 spiro atoms. The first-order chi connectivity index (χ1) is 15.7. The zero-order valence-electron chi connectivity index (χ0n) is 18.5. The van der Waals surface area contributed by atoms with Gasteiger partial charge in [-0.15, -0.1) is 5.10 Å². The summed E-state index contributed by atoms with van der Waals surface area (Å²) in [5.41, 5.74) is 1.41. The van der Waals surface area contributed by atoms with E-state index in [-0.39, 0.29) is 12.6 Å². The second-order valence-corrected chi connectivity index (χ2v) is 8.05. The van der Waals surface area contributed by atoms with E-state index in [1.807, 2.05) is 41.2 Å². The van der Waals surface area contributed by atoms with Crippen LogP contribution < -0.4 is 10.1 Å². The van der Waals surface area contributed by atoms with E-state index in [1.165, 1.54) is 0 Å². The molecule has 2 heterocycles. The lowest BCUT2D eigenvalue weighted by molar-refractivity contribution is -0.181. The van der Waals surface area contributed by atoms with Gasteiger partial charge in [0.2, 0.25) is 0 Å². The van der Waals surface area contributed by atoms with Crippen LogP contribution in [0.1, 0.15) is 43.7 Å². The number of hydrogen-bond acceptors (Lipinski definition) is 7. The Morgan fingerprint density at radius 3 is 2.66 bits per heavy atom. The minimum atomic E-state index is -0.550. The van der Waals surface area contributed by atoms with Gasteiger partial charge < -0.3 is 23.7 Å². The number of amides is 1. The first-order valence-corrected chi connectivity index (χ1v) is 11.1. The van der Waals surface area contributed by atoms with Crippen molar-refractivity contribution in [2.75, 3.05) is 38.9 Å². The zero-order valence-corrected chi connectivity index (χ0v) is 18.5. The normalized spacial score (nSPS) is 18.0. The van der Waals surface area contributed by atoms with Crippen molar-refractivity contribution in [3.8, 4) is 5.88 Å². The molecule has 0 unspecified atom stereocenters. The van der Waals surface area contributed by atoms with E-state index in [0.29, 0.717) is 38.0 Å². The van der Waals surface area contributed by atoms with Crippen LogP contribution in [0.15, 0.2) is 36.5 Å². The van der Waals surface area contributed by atoms with E-state index in [0.717, 1.165) is 37.7 Å². The van der Waals surface area contributed by atoms with Crippen molar-refractivity contribution in [2.24, 2.45) is 0 Å². The number of ether oxygens (including phenoxy) is 5. The van der Waals surface area contributed by atoms with Gasteiger partial charge in [-0.3, -0.25) is 10.00 Å². The molecule has 9 nitrogen and oxygen atoms in total. The van der Waals surface area contributed by atoms with Crippen LogP contribution in [0.3, 0.4) is 0 Å². The summed E-state index contributed by atoms with van der Waals surface area (Å²) in [6.45, 7) is 2.53. The highest BCUT2D eigenvalue weighted by molar-refractivity contribution is 5.86. The standard InChI is InChI=1S/C23H31N3O6/c1-28-12-5-13-29-21-20(24-22(27)30-17-18-6-3-2-4-7-18)16-26(25-21)19-8-10-23(11-9-19)31-14-15-32-23/h2-4,6-7,16,19H,5,8-15,17H2,1H3,(H,24,27). The molecule has 0 radical (unpaired) electrons. The molecule has 1 N–H and O–H groups in total. The molecule has 0 atom stereocenters. The van der Waals surface area contributed by atoms with Crippen molar-refractivity contribution in [1.82, 2.24) is 9.78 Å². The van der Waals surface area contributed by atoms with Gasteiger partial charge >= 0.3 is 6.09 Å². The topological polar surface area (TPSA) is 93.1 Å². The molecule has 1 aromatic heterocycles. The SMILES string of the molecule is COCCCOc1nn(C2CCC3(CC2)OCCO3)cc1NC(=O)OCc1ccccc1. The number of carbonyl (C=O) groups excluding carboxylic acids is 1. The number of aromatic nitrogens is 2. The fourth-order valence-electron chi connectivity index (χ4n) is 4.09. The van der Waals surface area contributed by atoms with E-state index in [9.17, 15) is 4.79 Å². The Bertz CT molecular complexity index is 856. The van der Waals surface area contributed by atoms with Crippen molar-refractivity contribution >= 4 is 11.8 Å². The molecule has 1 aromatic carbocycles. The molecular weight excluding hydrogens is 414 g/mol. The third-order valence-electron chi connectivity index (χ3n) is 5.78. The maximum atomic E-state index is 12.4. The second-order valence-electron chi connectivity index (χ2n) is 8.05. The summed E-state index contributed by atoms with van der Waals surface area (Å²) in [6, 6.07) is 9.73. The Morgan fingerprint density at radius 1 is 1.19 bits per heavy atom. The van der Waals surface area contributed by atoms with Crippen LogP contribution in [0.4, 0.5) is 10.5 Å². The maximum Gasteiger partial charge on any atom is 0.412 e. The minimum Gasteiger partial charge on any atom is -0.475 e. The van der Waals surface area contributed by atoms with Crippen LogP contribution in [-0.4, -0.2) is 55.2 Å². The fraction of sp³-hybridized carbons (Fsp3) is 0.565. The number of hydrogen-bond donors (Lipinski definition) is 1. The average Bonchev–Trinajstić information content (AvgIpc) is 3.44.